The summed E-state index contributed by atoms with van der Waals surface area (Å²) < 4.78 is 2.30. The summed E-state index contributed by atoms with van der Waals surface area (Å²) in [6.45, 7) is 7.07. The number of carbonyl (C=O) groups is 1. The lowest BCUT2D eigenvalue weighted by atomic mass is 10.1. The smallest absolute Gasteiger partial charge is 0.337 e. The van der Waals surface area contributed by atoms with Crippen LogP contribution >= 0.6 is 0 Å². The van der Waals surface area contributed by atoms with Gasteiger partial charge >= 0.3 is 5.69 Å². The Labute approximate surface area is 180 Å². The van der Waals surface area contributed by atoms with Gasteiger partial charge in [-0.05, 0) is 68.0 Å². The van der Waals surface area contributed by atoms with Crippen molar-refractivity contribution in [2.45, 2.75) is 40.2 Å². The molecule has 0 saturated carbocycles. The highest BCUT2D eigenvalue weighted by molar-refractivity contribution is 5.92. The molecular weight excluding hydrogens is 392 g/mol. The van der Waals surface area contributed by atoms with Crippen molar-refractivity contribution in [1.29, 1.82) is 0 Å². The Morgan fingerprint density at radius 1 is 0.968 bits per heavy atom. The Morgan fingerprint density at radius 3 is 2.26 bits per heavy atom. The molecule has 3 aromatic rings. The maximum absolute atomic E-state index is 13.4. The molecule has 7 nitrogen and oxygen atoms in total. The van der Waals surface area contributed by atoms with Crippen LogP contribution in [-0.2, 0) is 6.54 Å². The molecule has 0 N–H and O–H groups in total. The van der Waals surface area contributed by atoms with Crippen molar-refractivity contribution in [2.24, 2.45) is 0 Å². The molecule has 2 aromatic carbocycles. The molecular formula is C24H26N4O3. The van der Waals surface area contributed by atoms with Gasteiger partial charge < -0.3 is 4.90 Å². The van der Waals surface area contributed by atoms with E-state index in [1.54, 1.807) is 4.90 Å². The highest BCUT2D eigenvalue weighted by Crippen LogP contribution is 2.14. The largest absolute Gasteiger partial charge is 0.352 e. The zero-order chi connectivity index (χ0) is 22.1. The van der Waals surface area contributed by atoms with Crippen LogP contribution < -0.4 is 11.2 Å². The summed E-state index contributed by atoms with van der Waals surface area (Å²) in [6, 6.07) is 13.2. The molecule has 0 radical (unpaired) electrons. The number of likely N-dealkylation sites (tertiary alicyclic amines) is 1. The van der Waals surface area contributed by atoms with Crippen molar-refractivity contribution in [3.8, 4) is 5.69 Å². The van der Waals surface area contributed by atoms with E-state index in [4.69, 9.17) is 0 Å². The lowest BCUT2D eigenvalue weighted by Gasteiger charge is -2.17. The third kappa shape index (κ3) is 4.08. The molecule has 31 heavy (non-hydrogen) atoms. The quantitative estimate of drug-likeness (QED) is 0.653. The number of nitrogens with zero attached hydrogens (tertiary/aromatic N) is 4. The van der Waals surface area contributed by atoms with Crippen LogP contribution in [0.4, 0.5) is 0 Å². The molecule has 0 bridgehead atoms. The molecule has 1 amide bonds. The van der Waals surface area contributed by atoms with E-state index in [-0.39, 0.29) is 12.2 Å². The van der Waals surface area contributed by atoms with Crippen LogP contribution in [0, 0.1) is 20.8 Å². The minimum absolute atomic E-state index is 0.0813. The number of benzene rings is 2. The van der Waals surface area contributed by atoms with Gasteiger partial charge in [-0.25, -0.2) is 4.79 Å². The first-order valence-corrected chi connectivity index (χ1v) is 10.5. The van der Waals surface area contributed by atoms with Gasteiger partial charge in [-0.15, -0.1) is 0 Å². The molecule has 0 atom stereocenters. The number of carbonyl (C=O) groups excluding carboxylic acids is 1. The number of hydrogen-bond acceptors (Lipinski definition) is 4. The van der Waals surface area contributed by atoms with Crippen molar-refractivity contribution in [3.63, 3.8) is 0 Å². The van der Waals surface area contributed by atoms with E-state index in [0.717, 1.165) is 39.7 Å². The molecule has 1 aliphatic rings. The first-order valence-electron chi connectivity index (χ1n) is 10.5. The van der Waals surface area contributed by atoms with E-state index in [1.165, 1.54) is 4.68 Å². The fourth-order valence-corrected chi connectivity index (χ4v) is 4.06. The number of rotatable bonds is 4. The van der Waals surface area contributed by atoms with Crippen LogP contribution in [-0.4, -0.2) is 38.2 Å². The number of aryl methyl sites for hydroxylation is 3. The van der Waals surface area contributed by atoms with Gasteiger partial charge in [0, 0.05) is 13.1 Å². The van der Waals surface area contributed by atoms with E-state index in [0.29, 0.717) is 18.8 Å². The normalized spacial score (nSPS) is 13.6. The Balaban J connectivity index is 1.93. The number of hydrogen-bond donors (Lipinski definition) is 0. The van der Waals surface area contributed by atoms with Crippen LogP contribution in [0.3, 0.4) is 0 Å². The van der Waals surface area contributed by atoms with Crippen LogP contribution in [0.1, 0.15) is 45.6 Å². The van der Waals surface area contributed by atoms with E-state index in [9.17, 15) is 14.4 Å². The summed E-state index contributed by atoms with van der Waals surface area (Å²) in [4.78, 5) is 41.4. The van der Waals surface area contributed by atoms with Gasteiger partial charge in [0.2, 0.25) is 5.69 Å². The van der Waals surface area contributed by atoms with E-state index in [2.05, 4.69) is 5.10 Å². The number of aromatic nitrogens is 3. The van der Waals surface area contributed by atoms with Gasteiger partial charge in [0.05, 0.1) is 12.2 Å². The average Bonchev–Trinajstić information content (AvgIpc) is 3.26. The molecule has 0 spiro atoms. The number of amides is 1. The van der Waals surface area contributed by atoms with Crippen molar-refractivity contribution in [1.82, 2.24) is 19.2 Å². The Morgan fingerprint density at radius 2 is 1.61 bits per heavy atom. The molecule has 1 saturated heterocycles. The van der Waals surface area contributed by atoms with Crippen LogP contribution in [0.2, 0.25) is 0 Å². The summed E-state index contributed by atoms with van der Waals surface area (Å²) >= 11 is 0. The zero-order valence-corrected chi connectivity index (χ0v) is 18.1. The van der Waals surface area contributed by atoms with E-state index < -0.39 is 17.2 Å². The van der Waals surface area contributed by atoms with Gasteiger partial charge in [-0.2, -0.15) is 9.78 Å². The third-order valence-corrected chi connectivity index (χ3v) is 5.70. The van der Waals surface area contributed by atoms with Crippen molar-refractivity contribution in [2.75, 3.05) is 13.1 Å². The minimum atomic E-state index is -0.647. The molecule has 1 fully saturated rings. The van der Waals surface area contributed by atoms with E-state index >= 15 is 0 Å². The zero-order valence-electron chi connectivity index (χ0n) is 18.1. The summed E-state index contributed by atoms with van der Waals surface area (Å²) in [5.74, 6) is -0.417. The second-order valence-electron chi connectivity index (χ2n) is 8.21. The molecule has 7 heteroatoms. The molecule has 1 aliphatic heterocycles. The van der Waals surface area contributed by atoms with Crippen LogP contribution in [0.5, 0.6) is 0 Å². The maximum Gasteiger partial charge on any atom is 0.352 e. The maximum atomic E-state index is 13.4. The van der Waals surface area contributed by atoms with Crippen molar-refractivity contribution < 1.29 is 4.79 Å². The highest BCUT2D eigenvalue weighted by atomic mass is 16.2. The lowest BCUT2D eigenvalue weighted by Crippen LogP contribution is -2.46. The SMILES string of the molecule is Cc1cc(C)cc(-n2nc(C(=O)N3CCCC3)c(=O)n(Cc3ccccc3C)c2=O)c1. The van der Waals surface area contributed by atoms with Gasteiger partial charge in [-0.1, -0.05) is 30.3 Å². The standard InChI is InChI=1S/C24H26N4O3/c1-16-12-17(2)14-20(13-16)28-24(31)27(15-19-9-5-4-8-18(19)3)23(30)21(25-28)22(29)26-10-6-7-11-26/h4-5,8-9,12-14H,6-7,10-11,15H2,1-3H3. The van der Waals surface area contributed by atoms with Crippen LogP contribution in [0.15, 0.2) is 52.1 Å². The van der Waals surface area contributed by atoms with Gasteiger partial charge in [0.1, 0.15) is 0 Å². The molecule has 0 unspecified atom stereocenters. The minimum Gasteiger partial charge on any atom is -0.337 e. The summed E-state index contributed by atoms with van der Waals surface area (Å²) in [5, 5.41) is 4.27. The summed E-state index contributed by atoms with van der Waals surface area (Å²) in [6.07, 6.45) is 1.81. The van der Waals surface area contributed by atoms with Crippen molar-refractivity contribution in [3.05, 3.63) is 91.3 Å². The first kappa shape index (κ1) is 20.8. The van der Waals surface area contributed by atoms with Crippen molar-refractivity contribution >= 4 is 5.91 Å². The fourth-order valence-electron chi connectivity index (χ4n) is 4.06. The highest BCUT2D eigenvalue weighted by Gasteiger charge is 2.27. The second-order valence-corrected chi connectivity index (χ2v) is 8.21. The Bertz CT molecular complexity index is 1250. The van der Waals surface area contributed by atoms with Gasteiger partial charge in [-0.3, -0.25) is 14.2 Å². The summed E-state index contributed by atoms with van der Waals surface area (Å²) in [7, 11) is 0. The Kier molecular flexibility index (Phi) is 5.59. The predicted molar refractivity (Wildman–Crippen MR) is 119 cm³/mol. The van der Waals surface area contributed by atoms with Gasteiger partial charge in [0.15, 0.2) is 0 Å². The molecule has 0 aliphatic carbocycles. The molecule has 4 rings (SSSR count). The average molecular weight is 418 g/mol. The topological polar surface area (TPSA) is 77.2 Å². The molecule has 2 heterocycles. The van der Waals surface area contributed by atoms with Crippen LogP contribution in [0.25, 0.3) is 5.69 Å². The summed E-state index contributed by atoms with van der Waals surface area (Å²) in [5.41, 5.74) is 2.86. The van der Waals surface area contributed by atoms with E-state index in [1.807, 2.05) is 63.2 Å². The monoisotopic (exact) mass is 418 g/mol. The Hall–Kier alpha value is -3.48. The third-order valence-electron chi connectivity index (χ3n) is 5.70. The van der Waals surface area contributed by atoms with Gasteiger partial charge in [0.25, 0.3) is 11.5 Å². The molecule has 1 aromatic heterocycles. The first-order chi connectivity index (χ1) is 14.8. The fraction of sp³-hybridized carbons (Fsp3) is 0.333. The lowest BCUT2D eigenvalue weighted by molar-refractivity contribution is 0.0781. The molecule has 160 valence electrons. The second kappa shape index (κ2) is 8.34. The predicted octanol–water partition coefficient (Wildman–Crippen LogP) is 2.60.